The Morgan fingerprint density at radius 3 is 2.54 bits per heavy atom. The van der Waals surface area contributed by atoms with Crippen molar-refractivity contribution in [3.05, 3.63) is 46.9 Å². The van der Waals surface area contributed by atoms with Crippen LogP contribution in [0, 0.1) is 10.1 Å². The number of nitrogens with one attached hydrogen (secondary N) is 1. The first kappa shape index (κ1) is 15.5. The van der Waals surface area contributed by atoms with Crippen LogP contribution in [0.3, 0.4) is 0 Å². The van der Waals surface area contributed by atoms with Gasteiger partial charge in [0.15, 0.2) is 10.7 Å². The van der Waals surface area contributed by atoms with Crippen LogP contribution in [0.4, 0.5) is 24.8 Å². The summed E-state index contributed by atoms with van der Waals surface area (Å²) in [4.78, 5) is 25.7. The van der Waals surface area contributed by atoms with Crippen molar-refractivity contribution in [2.75, 3.05) is 5.01 Å². The SMILES string of the molecule is O=[N+]([O-])N(c1ccc(OC(F)(F)F)cc1)c1ncc2[nH]cnc2n1. The first-order valence-corrected chi connectivity index (χ1v) is 6.30. The Morgan fingerprint density at radius 1 is 1.21 bits per heavy atom. The van der Waals surface area contributed by atoms with Crippen LogP contribution in [0.1, 0.15) is 0 Å². The largest absolute Gasteiger partial charge is 0.573 e. The molecule has 124 valence electrons. The number of rotatable bonds is 4. The van der Waals surface area contributed by atoms with Gasteiger partial charge in [0.1, 0.15) is 17.0 Å². The maximum atomic E-state index is 12.1. The second-order valence-corrected chi connectivity index (χ2v) is 4.40. The predicted molar refractivity (Wildman–Crippen MR) is 73.9 cm³/mol. The molecule has 0 fully saturated rings. The van der Waals surface area contributed by atoms with Crippen molar-refractivity contribution in [1.82, 2.24) is 19.9 Å². The molecule has 0 bridgehead atoms. The molecular formula is C12H7F3N6O3. The van der Waals surface area contributed by atoms with Gasteiger partial charge < -0.3 is 9.72 Å². The number of fused-ring (bicyclic) bond motifs is 1. The molecule has 0 aliphatic carbocycles. The number of aromatic amines is 1. The molecule has 1 N–H and O–H groups in total. The Balaban J connectivity index is 1.94. The van der Waals surface area contributed by atoms with E-state index in [1.807, 2.05) is 0 Å². The van der Waals surface area contributed by atoms with Gasteiger partial charge in [-0.15, -0.1) is 13.2 Å². The first-order valence-electron chi connectivity index (χ1n) is 6.30. The lowest BCUT2D eigenvalue weighted by atomic mass is 10.3. The highest BCUT2D eigenvalue weighted by molar-refractivity contribution is 5.70. The standard InChI is InChI=1S/C12H7F3N6O3/c13-12(14,15)24-8-3-1-7(2-4-8)20(21(22)23)11-16-5-9-10(19-11)18-6-17-9/h1-6H,(H,16,17,18,19). The fraction of sp³-hybridized carbons (Fsp3) is 0.0833. The average Bonchev–Trinajstić information content (AvgIpc) is 2.95. The second kappa shape index (κ2) is 5.64. The van der Waals surface area contributed by atoms with E-state index in [0.717, 1.165) is 24.3 Å². The Kier molecular flexibility index (Phi) is 3.63. The number of aromatic nitrogens is 4. The van der Waals surface area contributed by atoms with E-state index in [4.69, 9.17) is 0 Å². The molecule has 2 heterocycles. The molecule has 3 aromatic rings. The highest BCUT2D eigenvalue weighted by atomic mass is 19.4. The second-order valence-electron chi connectivity index (χ2n) is 4.40. The van der Waals surface area contributed by atoms with Gasteiger partial charge in [0.05, 0.1) is 12.5 Å². The Morgan fingerprint density at radius 2 is 1.92 bits per heavy atom. The molecule has 0 atom stereocenters. The average molecular weight is 340 g/mol. The topological polar surface area (TPSA) is 110 Å². The van der Waals surface area contributed by atoms with Gasteiger partial charge in [-0.2, -0.15) is 4.98 Å². The van der Waals surface area contributed by atoms with Crippen molar-refractivity contribution >= 4 is 22.8 Å². The molecule has 0 aliphatic heterocycles. The molecule has 0 unspecified atom stereocenters. The van der Waals surface area contributed by atoms with E-state index in [2.05, 4.69) is 24.7 Å². The summed E-state index contributed by atoms with van der Waals surface area (Å²) in [5, 5.41) is 11.0. The summed E-state index contributed by atoms with van der Waals surface area (Å²) in [6.45, 7) is 0. The summed E-state index contributed by atoms with van der Waals surface area (Å²) in [5.41, 5.74) is 0.643. The van der Waals surface area contributed by atoms with Crippen molar-refractivity contribution in [2.24, 2.45) is 0 Å². The quantitative estimate of drug-likeness (QED) is 0.574. The molecule has 2 aromatic heterocycles. The zero-order chi connectivity index (χ0) is 17.3. The molecule has 0 amide bonds. The highest BCUT2D eigenvalue weighted by Gasteiger charge is 2.31. The van der Waals surface area contributed by atoms with E-state index in [1.54, 1.807) is 0 Å². The fourth-order valence-electron chi connectivity index (χ4n) is 1.90. The van der Waals surface area contributed by atoms with Gasteiger partial charge in [-0.1, -0.05) is 0 Å². The monoisotopic (exact) mass is 340 g/mol. The molecule has 12 heteroatoms. The van der Waals surface area contributed by atoms with Gasteiger partial charge in [-0.05, 0) is 29.3 Å². The van der Waals surface area contributed by atoms with Crippen LogP contribution < -0.4 is 9.75 Å². The molecule has 0 aliphatic rings. The Bertz CT molecular complexity index is 880. The van der Waals surface area contributed by atoms with Crippen LogP contribution >= 0.6 is 0 Å². The maximum absolute atomic E-state index is 12.1. The van der Waals surface area contributed by atoms with Crippen molar-refractivity contribution in [2.45, 2.75) is 6.36 Å². The zero-order valence-electron chi connectivity index (χ0n) is 11.6. The zero-order valence-corrected chi connectivity index (χ0v) is 11.6. The summed E-state index contributed by atoms with van der Waals surface area (Å²) in [5.74, 6) is -0.790. The minimum Gasteiger partial charge on any atom is -0.406 e. The third-order valence-corrected chi connectivity index (χ3v) is 2.83. The van der Waals surface area contributed by atoms with Gasteiger partial charge in [0.2, 0.25) is 0 Å². The van der Waals surface area contributed by atoms with E-state index >= 15 is 0 Å². The van der Waals surface area contributed by atoms with Gasteiger partial charge in [-0.25, -0.2) is 20.1 Å². The predicted octanol–water partition coefficient (Wildman–Crippen LogP) is 2.58. The number of H-pyrrole nitrogens is 1. The number of ether oxygens (including phenoxy) is 1. The molecular weight excluding hydrogens is 333 g/mol. The van der Waals surface area contributed by atoms with Gasteiger partial charge in [-0.3, -0.25) is 0 Å². The Hall–Kier alpha value is -3.44. The maximum Gasteiger partial charge on any atom is 0.573 e. The van der Waals surface area contributed by atoms with E-state index in [1.165, 1.54) is 12.5 Å². The smallest absolute Gasteiger partial charge is 0.406 e. The van der Waals surface area contributed by atoms with Crippen LogP contribution in [0.15, 0.2) is 36.8 Å². The summed E-state index contributed by atoms with van der Waals surface area (Å²) in [6.07, 6.45) is -2.19. The number of hydrogen-bond donors (Lipinski definition) is 1. The Labute approximate surface area is 130 Å². The lowest BCUT2D eigenvalue weighted by molar-refractivity contribution is -0.484. The van der Waals surface area contributed by atoms with Crippen LogP contribution in [0.25, 0.3) is 11.2 Å². The summed E-state index contributed by atoms with van der Waals surface area (Å²) >= 11 is 0. The summed E-state index contributed by atoms with van der Waals surface area (Å²) in [7, 11) is 0. The number of anilines is 2. The van der Waals surface area contributed by atoms with Crippen molar-refractivity contribution in [3.63, 3.8) is 0 Å². The fourth-order valence-corrected chi connectivity index (χ4v) is 1.90. The number of nitrogens with zero attached hydrogens (tertiary/aromatic N) is 5. The lowest BCUT2D eigenvalue weighted by Crippen LogP contribution is -2.26. The molecule has 0 saturated heterocycles. The molecule has 9 nitrogen and oxygen atoms in total. The summed E-state index contributed by atoms with van der Waals surface area (Å²) in [6, 6.07) is 4.07. The third kappa shape index (κ3) is 3.16. The van der Waals surface area contributed by atoms with Gasteiger partial charge >= 0.3 is 6.36 Å². The molecule has 24 heavy (non-hydrogen) atoms. The molecule has 0 spiro atoms. The van der Waals surface area contributed by atoms with Crippen LogP contribution in [-0.4, -0.2) is 31.3 Å². The van der Waals surface area contributed by atoms with Crippen molar-refractivity contribution in [1.29, 1.82) is 0 Å². The van der Waals surface area contributed by atoms with Crippen LogP contribution in [0.2, 0.25) is 0 Å². The number of benzene rings is 1. The van der Waals surface area contributed by atoms with Crippen LogP contribution in [-0.2, 0) is 0 Å². The van der Waals surface area contributed by atoms with Gasteiger partial charge in [0.25, 0.3) is 5.95 Å². The van der Waals surface area contributed by atoms with E-state index in [9.17, 15) is 23.3 Å². The molecule has 1 aromatic carbocycles. The third-order valence-electron chi connectivity index (χ3n) is 2.83. The van der Waals surface area contributed by atoms with E-state index in [-0.39, 0.29) is 17.3 Å². The van der Waals surface area contributed by atoms with Crippen LogP contribution in [0.5, 0.6) is 5.75 Å². The number of imidazole rings is 1. The minimum absolute atomic E-state index is 0.0515. The first-order chi connectivity index (χ1) is 11.3. The number of hydrazine groups is 1. The molecule has 3 rings (SSSR count). The van der Waals surface area contributed by atoms with Crippen molar-refractivity contribution in [3.8, 4) is 5.75 Å². The van der Waals surface area contributed by atoms with E-state index < -0.39 is 17.1 Å². The normalized spacial score (nSPS) is 11.5. The van der Waals surface area contributed by atoms with E-state index in [0.29, 0.717) is 10.5 Å². The number of hydrogen-bond acceptors (Lipinski definition) is 6. The summed E-state index contributed by atoms with van der Waals surface area (Å²) < 4.78 is 40.1. The number of alkyl halides is 3. The minimum atomic E-state index is -4.85. The molecule has 0 saturated carbocycles. The van der Waals surface area contributed by atoms with Gasteiger partial charge in [0, 0.05) is 0 Å². The molecule has 0 radical (unpaired) electrons. The van der Waals surface area contributed by atoms with Crippen molar-refractivity contribution < 1.29 is 22.9 Å². The number of nitro groups is 1. The lowest BCUT2D eigenvalue weighted by Gasteiger charge is -2.13. The number of halogens is 3. The highest BCUT2D eigenvalue weighted by Crippen LogP contribution is 2.28.